The average Bonchev–Trinajstić information content (AvgIpc) is 3.56. The van der Waals surface area contributed by atoms with Crippen LogP contribution in [-0.2, 0) is 4.79 Å². The van der Waals surface area contributed by atoms with Gasteiger partial charge in [0.1, 0.15) is 23.9 Å². The Labute approximate surface area is 176 Å². The Morgan fingerprint density at radius 1 is 1.20 bits per heavy atom. The molecule has 1 aliphatic heterocycles. The molecule has 0 spiro atoms. The predicted molar refractivity (Wildman–Crippen MR) is 114 cm³/mol. The molecule has 2 aromatic carbocycles. The quantitative estimate of drug-likeness (QED) is 0.724. The van der Waals surface area contributed by atoms with E-state index in [1.54, 1.807) is 12.1 Å². The van der Waals surface area contributed by atoms with E-state index in [0.717, 1.165) is 29.0 Å². The number of nitrogens with zero attached hydrogens (tertiary/aromatic N) is 1. The molecule has 1 amide bonds. The van der Waals surface area contributed by atoms with Gasteiger partial charge in [-0.3, -0.25) is 4.79 Å². The van der Waals surface area contributed by atoms with Crippen LogP contribution >= 0.6 is 0 Å². The second-order valence-corrected chi connectivity index (χ2v) is 8.12. The lowest BCUT2D eigenvalue weighted by molar-refractivity contribution is -0.117. The van der Waals surface area contributed by atoms with Gasteiger partial charge in [-0.1, -0.05) is 12.1 Å². The van der Waals surface area contributed by atoms with Gasteiger partial charge in [0.25, 0.3) is 5.91 Å². The van der Waals surface area contributed by atoms with Crippen molar-refractivity contribution in [2.45, 2.75) is 12.8 Å². The minimum absolute atomic E-state index is 0.162. The lowest BCUT2D eigenvalue weighted by atomic mass is 9.90. The molecular formula is C24H27FN2O3. The van der Waals surface area contributed by atoms with Crippen molar-refractivity contribution in [1.82, 2.24) is 10.2 Å². The number of rotatable bonds is 8. The second kappa shape index (κ2) is 8.88. The summed E-state index contributed by atoms with van der Waals surface area (Å²) in [5, 5.41) is 2.96. The van der Waals surface area contributed by atoms with Gasteiger partial charge in [-0.25, -0.2) is 4.39 Å². The minimum atomic E-state index is -0.315. The van der Waals surface area contributed by atoms with E-state index in [-0.39, 0.29) is 18.3 Å². The molecule has 2 aliphatic rings. The van der Waals surface area contributed by atoms with Crippen molar-refractivity contribution >= 4 is 11.5 Å². The van der Waals surface area contributed by atoms with Crippen molar-refractivity contribution in [3.63, 3.8) is 0 Å². The smallest absolute Gasteiger partial charge is 0.251 e. The summed E-state index contributed by atoms with van der Waals surface area (Å²) in [6, 6.07) is 11.9. The van der Waals surface area contributed by atoms with Crippen LogP contribution in [0.5, 0.6) is 11.5 Å². The predicted octanol–water partition coefficient (Wildman–Crippen LogP) is 3.49. The fourth-order valence-corrected chi connectivity index (χ4v) is 3.43. The van der Waals surface area contributed by atoms with Crippen LogP contribution in [0.2, 0.25) is 0 Å². The first-order chi connectivity index (χ1) is 14.5. The van der Waals surface area contributed by atoms with E-state index in [2.05, 4.69) is 5.32 Å². The number of hydrogen-bond donors (Lipinski definition) is 1. The highest BCUT2D eigenvalue weighted by atomic mass is 19.1. The highest BCUT2D eigenvalue weighted by Gasteiger charge is 2.27. The molecule has 1 heterocycles. The molecule has 1 fully saturated rings. The van der Waals surface area contributed by atoms with Gasteiger partial charge in [-0.2, -0.15) is 0 Å². The van der Waals surface area contributed by atoms with E-state index in [1.165, 1.54) is 25.0 Å². The maximum atomic E-state index is 13.5. The van der Waals surface area contributed by atoms with Gasteiger partial charge in [0.05, 0.1) is 12.2 Å². The Balaban J connectivity index is 1.69. The van der Waals surface area contributed by atoms with Gasteiger partial charge in [-0.15, -0.1) is 0 Å². The summed E-state index contributed by atoms with van der Waals surface area (Å²) in [4.78, 5) is 15.0. The van der Waals surface area contributed by atoms with E-state index >= 15 is 0 Å². The third-order valence-corrected chi connectivity index (χ3v) is 5.33. The maximum absolute atomic E-state index is 13.5. The Kier molecular flexibility index (Phi) is 6.04. The lowest BCUT2D eigenvalue weighted by Gasteiger charge is -2.25. The molecule has 0 saturated heterocycles. The number of likely N-dealkylation sites (N-methyl/N-ethyl adjacent to an activating group) is 1. The molecule has 1 saturated carbocycles. The summed E-state index contributed by atoms with van der Waals surface area (Å²) < 4.78 is 25.4. The molecule has 6 heteroatoms. The Hall–Kier alpha value is -2.86. The number of fused-ring (bicyclic) bond motifs is 1. The fourth-order valence-electron chi connectivity index (χ4n) is 3.43. The molecule has 2 aromatic rings. The molecule has 0 radical (unpaired) electrons. The molecule has 158 valence electrons. The summed E-state index contributed by atoms with van der Waals surface area (Å²) >= 11 is 0. The maximum Gasteiger partial charge on any atom is 0.251 e. The fraction of sp³-hybridized carbons (Fsp3) is 0.375. The molecule has 0 aromatic heterocycles. The number of ether oxygens (including phenoxy) is 2. The summed E-state index contributed by atoms with van der Waals surface area (Å²) in [7, 11) is 3.91. The van der Waals surface area contributed by atoms with Gasteiger partial charge in [0.2, 0.25) is 0 Å². The zero-order valence-electron chi connectivity index (χ0n) is 17.4. The van der Waals surface area contributed by atoms with Crippen LogP contribution in [0.25, 0.3) is 5.57 Å². The zero-order valence-corrected chi connectivity index (χ0v) is 17.4. The zero-order chi connectivity index (χ0) is 21.1. The van der Waals surface area contributed by atoms with Crippen LogP contribution in [0.15, 0.2) is 48.0 Å². The Bertz CT molecular complexity index is 949. The van der Waals surface area contributed by atoms with E-state index in [1.807, 2.05) is 37.2 Å². The molecule has 4 rings (SSSR count). The molecule has 1 aliphatic carbocycles. The summed E-state index contributed by atoms with van der Waals surface area (Å²) in [6.07, 6.45) is 2.43. The monoisotopic (exact) mass is 410 g/mol. The largest absolute Gasteiger partial charge is 0.493 e. The first-order valence-electron chi connectivity index (χ1n) is 10.3. The summed E-state index contributed by atoms with van der Waals surface area (Å²) in [5.41, 5.74) is 2.86. The Morgan fingerprint density at radius 3 is 2.67 bits per heavy atom. The number of carbonyl (C=O) groups excluding carboxylic acids is 1. The highest BCUT2D eigenvalue weighted by Crippen LogP contribution is 2.40. The number of benzene rings is 2. The van der Waals surface area contributed by atoms with Crippen molar-refractivity contribution < 1.29 is 18.7 Å². The topological polar surface area (TPSA) is 50.8 Å². The van der Waals surface area contributed by atoms with Crippen molar-refractivity contribution in [3.8, 4) is 11.5 Å². The van der Waals surface area contributed by atoms with E-state index in [9.17, 15) is 9.18 Å². The third-order valence-electron chi connectivity index (χ3n) is 5.33. The van der Waals surface area contributed by atoms with Gasteiger partial charge in [-0.05, 0) is 68.8 Å². The number of carbonyl (C=O) groups is 1. The van der Waals surface area contributed by atoms with E-state index in [4.69, 9.17) is 9.47 Å². The minimum Gasteiger partial charge on any atom is -0.493 e. The molecule has 0 atom stereocenters. The second-order valence-electron chi connectivity index (χ2n) is 8.12. The molecule has 0 bridgehead atoms. The van der Waals surface area contributed by atoms with Crippen LogP contribution in [-0.4, -0.2) is 51.2 Å². The molecular weight excluding hydrogens is 383 g/mol. The normalized spacial score (nSPS) is 15.6. The van der Waals surface area contributed by atoms with Crippen molar-refractivity contribution in [2.24, 2.45) is 5.92 Å². The van der Waals surface area contributed by atoms with Gasteiger partial charge in [0.15, 0.2) is 0 Å². The van der Waals surface area contributed by atoms with Crippen LogP contribution in [0.3, 0.4) is 0 Å². The third kappa shape index (κ3) is 4.82. The van der Waals surface area contributed by atoms with Crippen molar-refractivity contribution in [2.75, 3.05) is 40.4 Å². The summed E-state index contributed by atoms with van der Waals surface area (Å²) in [6.45, 7) is 2.13. The SMILES string of the molecule is CN(C)CCNC(=O)C1=C(c2ccc(F)cc2)c2cc(OCC3CC3)ccc2OC1. The number of halogens is 1. The molecule has 30 heavy (non-hydrogen) atoms. The van der Waals surface area contributed by atoms with Crippen molar-refractivity contribution in [3.05, 3.63) is 65.0 Å². The first-order valence-corrected chi connectivity index (χ1v) is 10.3. The van der Waals surface area contributed by atoms with Crippen LogP contribution < -0.4 is 14.8 Å². The Morgan fingerprint density at radius 2 is 1.97 bits per heavy atom. The highest BCUT2D eigenvalue weighted by molar-refractivity contribution is 6.06. The van der Waals surface area contributed by atoms with E-state index < -0.39 is 0 Å². The van der Waals surface area contributed by atoms with Gasteiger partial charge < -0.3 is 19.7 Å². The molecule has 1 N–H and O–H groups in total. The first kappa shape index (κ1) is 20.4. The standard InChI is InChI=1S/C24H27FN2O3/c1-27(2)12-11-26-24(28)21-15-30-22-10-9-19(29-14-16-3-4-16)13-20(22)23(21)17-5-7-18(25)8-6-17/h5-10,13,16H,3-4,11-12,14-15H2,1-2H3,(H,26,28). The average molecular weight is 410 g/mol. The van der Waals surface area contributed by atoms with Crippen molar-refractivity contribution in [1.29, 1.82) is 0 Å². The van der Waals surface area contributed by atoms with Crippen LogP contribution in [0.1, 0.15) is 24.0 Å². The van der Waals surface area contributed by atoms with Gasteiger partial charge in [0, 0.05) is 24.2 Å². The van der Waals surface area contributed by atoms with Gasteiger partial charge >= 0.3 is 0 Å². The molecule has 0 unspecified atom stereocenters. The number of amides is 1. The molecule has 5 nitrogen and oxygen atoms in total. The lowest BCUT2D eigenvalue weighted by Crippen LogP contribution is -2.34. The van der Waals surface area contributed by atoms with Crippen LogP contribution in [0.4, 0.5) is 4.39 Å². The van der Waals surface area contributed by atoms with Crippen LogP contribution in [0, 0.1) is 11.7 Å². The number of hydrogen-bond acceptors (Lipinski definition) is 4. The number of nitrogens with one attached hydrogen (secondary N) is 1. The summed E-state index contributed by atoms with van der Waals surface area (Å²) in [5.74, 6) is 1.59. The van der Waals surface area contributed by atoms with E-state index in [0.29, 0.717) is 30.4 Å².